The van der Waals surface area contributed by atoms with Crippen LogP contribution in [0.5, 0.6) is 11.6 Å². The molecule has 0 radical (unpaired) electrons. The molecule has 0 spiro atoms. The van der Waals surface area contributed by atoms with Crippen molar-refractivity contribution in [3.8, 4) is 11.6 Å². The van der Waals surface area contributed by atoms with E-state index in [0.717, 1.165) is 18.8 Å². The molecule has 2 heterocycles. The first-order valence-corrected chi connectivity index (χ1v) is 8.33. The lowest BCUT2D eigenvalue weighted by molar-refractivity contribution is 0.1000. The van der Waals surface area contributed by atoms with Crippen molar-refractivity contribution in [2.45, 2.75) is 13.5 Å². The van der Waals surface area contributed by atoms with Crippen molar-refractivity contribution in [1.29, 1.82) is 0 Å². The van der Waals surface area contributed by atoms with Gasteiger partial charge in [-0.3, -0.25) is 9.78 Å². The topological polar surface area (TPSA) is 81.3 Å². The zero-order valence-corrected chi connectivity index (χ0v) is 14.5. The van der Waals surface area contributed by atoms with Gasteiger partial charge in [-0.25, -0.2) is 4.98 Å². The molecule has 132 valence electrons. The van der Waals surface area contributed by atoms with Crippen LogP contribution in [-0.2, 0) is 6.54 Å². The number of hydrogen-bond acceptors (Lipinski definition) is 5. The summed E-state index contributed by atoms with van der Waals surface area (Å²) in [5, 5.41) is 0. The fourth-order valence-corrected chi connectivity index (χ4v) is 2.52. The lowest BCUT2D eigenvalue weighted by Crippen LogP contribution is -2.21. The number of rotatable bonds is 7. The van der Waals surface area contributed by atoms with Gasteiger partial charge in [0.05, 0.1) is 17.4 Å². The molecule has 0 aliphatic rings. The summed E-state index contributed by atoms with van der Waals surface area (Å²) in [4.78, 5) is 21.6. The smallest absolute Gasteiger partial charge is 0.250 e. The highest BCUT2D eigenvalue weighted by atomic mass is 16.5. The average Bonchev–Trinajstić information content (AvgIpc) is 2.68. The third-order valence-electron chi connectivity index (χ3n) is 3.93. The molecule has 0 aliphatic carbocycles. The van der Waals surface area contributed by atoms with E-state index in [1.54, 1.807) is 18.3 Å². The summed E-state index contributed by atoms with van der Waals surface area (Å²) >= 11 is 0. The van der Waals surface area contributed by atoms with E-state index < -0.39 is 5.91 Å². The first-order valence-electron chi connectivity index (χ1n) is 8.33. The molecule has 0 unspecified atom stereocenters. The number of benzene rings is 1. The number of carbonyl (C=O) groups is 1. The Morgan fingerprint density at radius 2 is 1.92 bits per heavy atom. The van der Waals surface area contributed by atoms with Gasteiger partial charge in [-0.2, -0.15) is 0 Å². The van der Waals surface area contributed by atoms with Crippen molar-refractivity contribution in [2.24, 2.45) is 5.73 Å². The SMILES string of the molecule is CCN(Cc1ccc(Oc2ccc(C(N)=O)cn2)cc1)c1cccnc1. The Kier molecular flexibility index (Phi) is 5.43. The number of aromatic nitrogens is 2. The maximum absolute atomic E-state index is 11.1. The normalized spacial score (nSPS) is 10.3. The van der Waals surface area contributed by atoms with Crippen molar-refractivity contribution in [1.82, 2.24) is 9.97 Å². The molecule has 0 saturated carbocycles. The van der Waals surface area contributed by atoms with Gasteiger partial charge in [-0.1, -0.05) is 12.1 Å². The molecule has 1 amide bonds. The van der Waals surface area contributed by atoms with Crippen LogP contribution in [0.25, 0.3) is 0 Å². The monoisotopic (exact) mass is 348 g/mol. The van der Waals surface area contributed by atoms with Crippen LogP contribution < -0.4 is 15.4 Å². The van der Waals surface area contributed by atoms with Gasteiger partial charge in [-0.15, -0.1) is 0 Å². The van der Waals surface area contributed by atoms with Crippen LogP contribution in [-0.4, -0.2) is 22.4 Å². The summed E-state index contributed by atoms with van der Waals surface area (Å²) in [6, 6.07) is 15.0. The van der Waals surface area contributed by atoms with Gasteiger partial charge in [0, 0.05) is 31.5 Å². The van der Waals surface area contributed by atoms with Gasteiger partial charge in [0.2, 0.25) is 11.8 Å². The van der Waals surface area contributed by atoms with Gasteiger partial charge >= 0.3 is 0 Å². The first kappa shape index (κ1) is 17.4. The molecule has 2 N–H and O–H groups in total. The average molecular weight is 348 g/mol. The maximum atomic E-state index is 11.1. The minimum absolute atomic E-state index is 0.350. The first-order chi connectivity index (χ1) is 12.7. The second-order valence-corrected chi connectivity index (χ2v) is 5.72. The van der Waals surface area contributed by atoms with E-state index in [-0.39, 0.29) is 0 Å². The number of anilines is 1. The van der Waals surface area contributed by atoms with E-state index in [4.69, 9.17) is 10.5 Å². The summed E-state index contributed by atoms with van der Waals surface area (Å²) in [5.74, 6) is 0.577. The van der Waals surface area contributed by atoms with Crippen LogP contribution in [0.3, 0.4) is 0 Å². The molecule has 1 aromatic carbocycles. The summed E-state index contributed by atoms with van der Waals surface area (Å²) in [7, 11) is 0. The van der Waals surface area contributed by atoms with Crippen LogP contribution in [0, 0.1) is 0 Å². The lowest BCUT2D eigenvalue weighted by atomic mass is 10.2. The molecule has 2 aromatic heterocycles. The van der Waals surface area contributed by atoms with E-state index >= 15 is 0 Å². The predicted octanol–water partition coefficient (Wildman–Crippen LogP) is 3.39. The lowest BCUT2D eigenvalue weighted by Gasteiger charge is -2.22. The Balaban J connectivity index is 1.65. The molecule has 0 aliphatic heterocycles. The van der Waals surface area contributed by atoms with Gasteiger partial charge in [0.25, 0.3) is 0 Å². The molecule has 26 heavy (non-hydrogen) atoms. The largest absolute Gasteiger partial charge is 0.439 e. The summed E-state index contributed by atoms with van der Waals surface area (Å²) in [6.07, 6.45) is 5.04. The zero-order valence-electron chi connectivity index (χ0n) is 14.5. The second kappa shape index (κ2) is 8.11. The van der Waals surface area contributed by atoms with E-state index in [0.29, 0.717) is 17.2 Å². The van der Waals surface area contributed by atoms with Crippen molar-refractivity contribution in [3.63, 3.8) is 0 Å². The van der Waals surface area contributed by atoms with Crippen molar-refractivity contribution in [2.75, 3.05) is 11.4 Å². The van der Waals surface area contributed by atoms with Crippen molar-refractivity contribution >= 4 is 11.6 Å². The molecule has 6 nitrogen and oxygen atoms in total. The van der Waals surface area contributed by atoms with Crippen LogP contribution in [0.2, 0.25) is 0 Å². The second-order valence-electron chi connectivity index (χ2n) is 5.72. The van der Waals surface area contributed by atoms with Gasteiger partial charge in [0.1, 0.15) is 5.75 Å². The van der Waals surface area contributed by atoms with E-state index in [2.05, 4.69) is 27.9 Å². The fourth-order valence-electron chi connectivity index (χ4n) is 2.52. The Bertz CT molecular complexity index is 849. The summed E-state index contributed by atoms with van der Waals surface area (Å²) < 4.78 is 5.70. The molecule has 0 fully saturated rings. The number of nitrogens with zero attached hydrogens (tertiary/aromatic N) is 3. The van der Waals surface area contributed by atoms with Gasteiger partial charge < -0.3 is 15.4 Å². The molecule has 6 heteroatoms. The predicted molar refractivity (Wildman–Crippen MR) is 100 cm³/mol. The summed E-state index contributed by atoms with van der Waals surface area (Å²) in [5.41, 5.74) is 7.81. The number of hydrogen-bond donors (Lipinski definition) is 1. The number of pyridine rings is 2. The minimum Gasteiger partial charge on any atom is -0.439 e. The Labute approximate surface area is 152 Å². The highest BCUT2D eigenvalue weighted by Gasteiger charge is 2.06. The molecular formula is C20H20N4O2. The number of carbonyl (C=O) groups excluding carboxylic acids is 1. The highest BCUT2D eigenvalue weighted by molar-refractivity contribution is 5.92. The quantitative estimate of drug-likeness (QED) is 0.708. The van der Waals surface area contributed by atoms with Crippen LogP contribution in [0.15, 0.2) is 67.1 Å². The van der Waals surface area contributed by atoms with Crippen LogP contribution >= 0.6 is 0 Å². The number of amides is 1. The van der Waals surface area contributed by atoms with Crippen molar-refractivity contribution < 1.29 is 9.53 Å². The molecule has 3 rings (SSSR count). The fraction of sp³-hybridized carbons (Fsp3) is 0.150. The van der Waals surface area contributed by atoms with Crippen LogP contribution in [0.4, 0.5) is 5.69 Å². The van der Waals surface area contributed by atoms with E-state index in [9.17, 15) is 4.79 Å². The molecule has 3 aromatic rings. The van der Waals surface area contributed by atoms with E-state index in [1.807, 2.05) is 36.5 Å². The van der Waals surface area contributed by atoms with Gasteiger partial charge in [0.15, 0.2) is 0 Å². The Hall–Kier alpha value is -3.41. The Morgan fingerprint density at radius 1 is 1.12 bits per heavy atom. The molecular weight excluding hydrogens is 328 g/mol. The third kappa shape index (κ3) is 4.36. The number of nitrogens with two attached hydrogens (primary N) is 1. The molecule has 0 saturated heterocycles. The van der Waals surface area contributed by atoms with Gasteiger partial charge in [-0.05, 0) is 42.8 Å². The molecule has 0 bridgehead atoms. The van der Waals surface area contributed by atoms with Crippen LogP contribution in [0.1, 0.15) is 22.8 Å². The molecule has 0 atom stereocenters. The summed E-state index contributed by atoms with van der Waals surface area (Å²) in [6.45, 7) is 3.79. The maximum Gasteiger partial charge on any atom is 0.250 e. The Morgan fingerprint density at radius 3 is 2.50 bits per heavy atom. The minimum atomic E-state index is -0.512. The number of primary amides is 1. The van der Waals surface area contributed by atoms with Crippen molar-refractivity contribution in [3.05, 3.63) is 78.2 Å². The third-order valence-corrected chi connectivity index (χ3v) is 3.93. The number of ether oxygens (including phenoxy) is 1. The van der Waals surface area contributed by atoms with E-state index in [1.165, 1.54) is 11.8 Å². The highest BCUT2D eigenvalue weighted by Crippen LogP contribution is 2.21. The standard InChI is InChI=1S/C20H20N4O2/c1-2-24(17-4-3-11-22-13-17)14-15-5-8-18(9-6-15)26-19-10-7-16(12-23-19)20(21)25/h3-13H,2,14H2,1H3,(H2,21,25). The zero-order chi connectivity index (χ0) is 18.4.